The molecule has 19 heavy (non-hydrogen) atoms. The van der Waals surface area contributed by atoms with Crippen molar-refractivity contribution in [2.45, 2.75) is 43.9 Å². The van der Waals surface area contributed by atoms with Crippen molar-refractivity contribution in [3.63, 3.8) is 0 Å². The number of imidazole rings is 1. The number of nitrogens with two attached hydrogens (primary N) is 1. The zero-order valence-corrected chi connectivity index (χ0v) is 11.5. The highest BCUT2D eigenvalue weighted by Gasteiger charge is 2.44. The lowest BCUT2D eigenvalue weighted by Crippen LogP contribution is -2.45. The molecule has 2 aliphatic rings. The van der Waals surface area contributed by atoms with E-state index >= 15 is 0 Å². The van der Waals surface area contributed by atoms with Gasteiger partial charge in [0.05, 0.1) is 17.9 Å². The average Bonchev–Trinajstić information content (AvgIpc) is 3.14. The third-order valence-electron chi connectivity index (χ3n) is 4.46. The minimum Gasteiger partial charge on any atom is -0.375 e. The normalized spacial score (nSPS) is 31.3. The van der Waals surface area contributed by atoms with Crippen molar-refractivity contribution in [2.75, 3.05) is 0 Å². The van der Waals surface area contributed by atoms with Gasteiger partial charge < -0.3 is 4.74 Å². The molecule has 0 saturated carbocycles. The van der Waals surface area contributed by atoms with E-state index < -0.39 is 0 Å². The lowest BCUT2D eigenvalue weighted by atomic mass is 9.82. The minimum absolute atomic E-state index is 0.264. The maximum atomic E-state index is 5.93. The van der Waals surface area contributed by atoms with E-state index in [0.717, 1.165) is 23.5 Å². The first kappa shape index (κ1) is 11.8. The molecule has 6 heteroatoms. The molecule has 3 N–H and O–H groups in total. The van der Waals surface area contributed by atoms with Crippen LogP contribution in [-0.4, -0.2) is 27.6 Å². The van der Waals surface area contributed by atoms with Crippen molar-refractivity contribution in [3.8, 4) is 0 Å². The molecule has 2 aromatic rings. The maximum Gasteiger partial charge on any atom is 0.193 e. The fourth-order valence-electron chi connectivity index (χ4n) is 3.53. The number of hydrazine groups is 1. The second-order valence-corrected chi connectivity index (χ2v) is 6.45. The van der Waals surface area contributed by atoms with Gasteiger partial charge in [0.2, 0.25) is 0 Å². The van der Waals surface area contributed by atoms with Crippen LogP contribution in [0.25, 0.3) is 4.96 Å². The van der Waals surface area contributed by atoms with Crippen LogP contribution in [0.5, 0.6) is 0 Å². The highest BCUT2D eigenvalue weighted by molar-refractivity contribution is 7.15. The van der Waals surface area contributed by atoms with Crippen LogP contribution in [-0.2, 0) is 11.2 Å². The molecule has 4 heterocycles. The molecule has 0 aromatic carbocycles. The molecule has 0 spiro atoms. The number of rotatable bonds is 4. The molecule has 0 aliphatic carbocycles. The Morgan fingerprint density at radius 2 is 2.53 bits per heavy atom. The van der Waals surface area contributed by atoms with E-state index in [1.54, 1.807) is 11.3 Å². The second kappa shape index (κ2) is 4.56. The van der Waals surface area contributed by atoms with Gasteiger partial charge in [0, 0.05) is 36.2 Å². The van der Waals surface area contributed by atoms with Gasteiger partial charge in [-0.2, -0.15) is 0 Å². The van der Waals surface area contributed by atoms with Crippen molar-refractivity contribution in [2.24, 2.45) is 11.8 Å². The number of hydrogen-bond acceptors (Lipinski definition) is 5. The largest absolute Gasteiger partial charge is 0.375 e. The van der Waals surface area contributed by atoms with E-state index in [1.807, 2.05) is 6.20 Å². The Morgan fingerprint density at radius 1 is 1.58 bits per heavy atom. The summed E-state index contributed by atoms with van der Waals surface area (Å²) in [5.74, 6) is 6.30. The quantitative estimate of drug-likeness (QED) is 0.654. The van der Waals surface area contributed by atoms with Gasteiger partial charge in [-0.1, -0.05) is 0 Å². The summed E-state index contributed by atoms with van der Waals surface area (Å²) in [5, 5.41) is 2.05. The molecule has 4 atom stereocenters. The molecular weight excluding hydrogens is 260 g/mol. The number of fused-ring (bicyclic) bond motifs is 3. The van der Waals surface area contributed by atoms with Crippen molar-refractivity contribution in [3.05, 3.63) is 23.5 Å². The van der Waals surface area contributed by atoms with E-state index in [9.17, 15) is 0 Å². The molecule has 2 bridgehead atoms. The third kappa shape index (κ3) is 1.99. The molecule has 4 rings (SSSR count). The highest BCUT2D eigenvalue weighted by Crippen LogP contribution is 2.40. The van der Waals surface area contributed by atoms with Gasteiger partial charge in [0.1, 0.15) is 0 Å². The molecule has 4 unspecified atom stereocenters. The van der Waals surface area contributed by atoms with E-state index in [0.29, 0.717) is 18.1 Å². The summed E-state index contributed by atoms with van der Waals surface area (Å²) in [6.45, 7) is 0. The van der Waals surface area contributed by atoms with Gasteiger partial charge in [-0.25, -0.2) is 4.98 Å². The van der Waals surface area contributed by atoms with E-state index in [1.165, 1.54) is 12.8 Å². The topological polar surface area (TPSA) is 64.6 Å². The van der Waals surface area contributed by atoms with E-state index in [-0.39, 0.29) is 6.04 Å². The van der Waals surface area contributed by atoms with Crippen LogP contribution in [0, 0.1) is 5.92 Å². The highest BCUT2D eigenvalue weighted by atomic mass is 32.1. The predicted molar refractivity (Wildman–Crippen MR) is 73.9 cm³/mol. The smallest absolute Gasteiger partial charge is 0.193 e. The van der Waals surface area contributed by atoms with E-state index in [2.05, 4.69) is 26.4 Å². The minimum atomic E-state index is 0.264. The summed E-state index contributed by atoms with van der Waals surface area (Å²) >= 11 is 1.66. The maximum absolute atomic E-state index is 5.93. The summed E-state index contributed by atoms with van der Waals surface area (Å²) in [6.07, 6.45) is 9.44. The van der Waals surface area contributed by atoms with Gasteiger partial charge in [-0.15, -0.1) is 11.3 Å². The molecule has 2 saturated heterocycles. The Bertz CT molecular complexity index is 551. The number of ether oxygens (including phenoxy) is 1. The Hall–Kier alpha value is -0.950. The number of thiazole rings is 1. The summed E-state index contributed by atoms with van der Waals surface area (Å²) in [4.78, 5) is 5.69. The summed E-state index contributed by atoms with van der Waals surface area (Å²) in [7, 11) is 0. The first-order chi connectivity index (χ1) is 9.33. The van der Waals surface area contributed by atoms with Crippen LogP contribution in [0.3, 0.4) is 0 Å². The van der Waals surface area contributed by atoms with Gasteiger partial charge in [-0.05, 0) is 19.3 Å². The lowest BCUT2D eigenvalue weighted by Gasteiger charge is -2.27. The Balaban J connectivity index is 1.52. The lowest BCUT2D eigenvalue weighted by molar-refractivity contribution is 0.0856. The Labute approximate surface area is 115 Å². The SMILES string of the molecule is NNC(Cc1cn2ccsc2n1)C1CC2CCC1O2. The average molecular weight is 278 g/mol. The van der Waals surface area contributed by atoms with Crippen LogP contribution in [0.2, 0.25) is 0 Å². The number of nitrogens with zero attached hydrogens (tertiary/aromatic N) is 2. The van der Waals surface area contributed by atoms with Crippen molar-refractivity contribution < 1.29 is 4.74 Å². The molecule has 0 radical (unpaired) electrons. The van der Waals surface area contributed by atoms with Crippen LogP contribution >= 0.6 is 11.3 Å². The molecule has 5 nitrogen and oxygen atoms in total. The van der Waals surface area contributed by atoms with Crippen molar-refractivity contribution in [1.29, 1.82) is 0 Å². The predicted octanol–water partition coefficient (Wildman–Crippen LogP) is 1.34. The number of hydrogen-bond donors (Lipinski definition) is 2. The van der Waals surface area contributed by atoms with Gasteiger partial charge in [0.25, 0.3) is 0 Å². The van der Waals surface area contributed by atoms with Crippen LogP contribution < -0.4 is 11.3 Å². The van der Waals surface area contributed by atoms with Gasteiger partial charge in [-0.3, -0.25) is 15.7 Å². The van der Waals surface area contributed by atoms with Crippen LogP contribution in [0.15, 0.2) is 17.8 Å². The van der Waals surface area contributed by atoms with Gasteiger partial charge >= 0.3 is 0 Å². The summed E-state index contributed by atoms with van der Waals surface area (Å²) in [5.41, 5.74) is 4.10. The van der Waals surface area contributed by atoms with Gasteiger partial charge in [0.15, 0.2) is 4.96 Å². The van der Waals surface area contributed by atoms with Crippen LogP contribution in [0.1, 0.15) is 25.0 Å². The van der Waals surface area contributed by atoms with E-state index in [4.69, 9.17) is 10.6 Å². The molecule has 2 aliphatic heterocycles. The standard InChI is InChI=1S/C13H18N4OS/c14-16-11(10-6-9-1-2-12(10)18-9)5-8-7-17-3-4-19-13(17)15-8/h3-4,7,9-12,16H,1-2,5-6,14H2. The molecule has 2 aromatic heterocycles. The van der Waals surface area contributed by atoms with Crippen LogP contribution in [0.4, 0.5) is 0 Å². The molecule has 102 valence electrons. The summed E-state index contributed by atoms with van der Waals surface area (Å²) < 4.78 is 8.00. The number of nitrogens with one attached hydrogen (secondary N) is 1. The van der Waals surface area contributed by atoms with Crippen molar-refractivity contribution in [1.82, 2.24) is 14.8 Å². The van der Waals surface area contributed by atoms with Crippen molar-refractivity contribution >= 4 is 16.3 Å². The molecular formula is C13H18N4OS. The Morgan fingerprint density at radius 3 is 3.21 bits per heavy atom. The Kier molecular flexibility index (Phi) is 2.84. The number of aromatic nitrogens is 2. The molecule has 0 amide bonds. The first-order valence-electron chi connectivity index (χ1n) is 6.86. The molecule has 2 fully saturated rings. The monoisotopic (exact) mass is 278 g/mol. The third-order valence-corrected chi connectivity index (χ3v) is 5.23. The fourth-order valence-corrected chi connectivity index (χ4v) is 4.25. The zero-order valence-electron chi connectivity index (χ0n) is 10.7. The zero-order chi connectivity index (χ0) is 12.8. The second-order valence-electron chi connectivity index (χ2n) is 5.58. The first-order valence-corrected chi connectivity index (χ1v) is 7.74. The summed E-state index contributed by atoms with van der Waals surface area (Å²) in [6, 6.07) is 0.264. The fraction of sp³-hybridized carbons (Fsp3) is 0.615.